The highest BCUT2D eigenvalue weighted by Crippen LogP contribution is 2.36. The predicted molar refractivity (Wildman–Crippen MR) is 131 cm³/mol. The summed E-state index contributed by atoms with van der Waals surface area (Å²) in [5, 5.41) is 4.94. The van der Waals surface area contributed by atoms with Crippen molar-refractivity contribution in [2.45, 2.75) is 37.9 Å². The first-order chi connectivity index (χ1) is 16.2. The first-order valence-corrected chi connectivity index (χ1v) is 11.3. The normalized spacial score (nSPS) is 19.1. The summed E-state index contributed by atoms with van der Waals surface area (Å²) < 4.78 is 0. The summed E-state index contributed by atoms with van der Waals surface area (Å²) >= 11 is 6.00. The molecule has 1 fully saturated rings. The maximum Gasteiger partial charge on any atom is 0.245 e. The summed E-state index contributed by atoms with van der Waals surface area (Å²) in [6, 6.07) is 13.2. The molecule has 3 aromatic rings. The van der Waals surface area contributed by atoms with E-state index in [4.69, 9.17) is 23.1 Å². The number of halogens is 1. The summed E-state index contributed by atoms with van der Waals surface area (Å²) in [4.78, 5) is 44.8. The number of aromatic nitrogens is 1. The van der Waals surface area contributed by atoms with Crippen LogP contribution in [0, 0.1) is 0 Å². The third-order valence-corrected chi connectivity index (χ3v) is 6.62. The molecule has 1 unspecified atom stereocenters. The quantitative estimate of drug-likeness (QED) is 0.446. The van der Waals surface area contributed by atoms with E-state index in [-0.39, 0.29) is 6.42 Å². The standard InChI is InChI=1S/C25H26ClN5O3/c1-15(32)30-21(17-4-6-19(26)7-5-17)22(33)25(24(28)34)10-2-12-31(25)14-16-3-8-20-18(13-16)9-11-29-23(20)27/h3-9,11,13,21H,2,10,12,14H2,1H3,(H2,27,29)(H2,28,34)(H,30,32)/t21?,25-/m1/s1. The van der Waals surface area contributed by atoms with Gasteiger partial charge in [-0.2, -0.15) is 0 Å². The molecule has 176 valence electrons. The molecule has 1 saturated heterocycles. The van der Waals surface area contributed by atoms with Crippen LogP contribution in [0.15, 0.2) is 54.7 Å². The Hall–Kier alpha value is -3.49. The van der Waals surface area contributed by atoms with Crippen molar-refractivity contribution in [3.63, 3.8) is 0 Å². The van der Waals surface area contributed by atoms with Crippen molar-refractivity contribution < 1.29 is 14.4 Å². The summed E-state index contributed by atoms with van der Waals surface area (Å²) in [7, 11) is 0. The number of rotatable bonds is 7. The number of primary amides is 1. The SMILES string of the molecule is CC(=O)NC(C(=O)[C@@]1(C(N)=O)CCCN1Cc1ccc2c(N)nccc2c1)c1ccc(Cl)cc1. The summed E-state index contributed by atoms with van der Waals surface area (Å²) in [6.45, 7) is 2.17. The van der Waals surface area contributed by atoms with Crippen molar-refractivity contribution >= 4 is 45.8 Å². The van der Waals surface area contributed by atoms with Crippen LogP contribution in [0.2, 0.25) is 5.02 Å². The van der Waals surface area contributed by atoms with Gasteiger partial charge in [0.1, 0.15) is 11.9 Å². The van der Waals surface area contributed by atoms with Gasteiger partial charge in [0.2, 0.25) is 11.8 Å². The number of benzene rings is 2. The molecule has 0 spiro atoms. The number of anilines is 1. The third kappa shape index (κ3) is 4.34. The smallest absolute Gasteiger partial charge is 0.245 e. The Morgan fingerprint density at radius 2 is 1.91 bits per heavy atom. The van der Waals surface area contributed by atoms with Gasteiger partial charge < -0.3 is 16.8 Å². The second kappa shape index (κ2) is 9.40. The number of Topliss-reactive ketones (excluding diaryl/α,β-unsaturated/α-hetero) is 1. The van der Waals surface area contributed by atoms with Gasteiger partial charge in [-0.15, -0.1) is 0 Å². The molecule has 5 N–H and O–H groups in total. The highest BCUT2D eigenvalue weighted by Gasteiger charge is 2.54. The highest BCUT2D eigenvalue weighted by atomic mass is 35.5. The summed E-state index contributed by atoms with van der Waals surface area (Å²) in [5.41, 5.74) is 11.7. The van der Waals surface area contributed by atoms with Crippen LogP contribution >= 0.6 is 11.6 Å². The summed E-state index contributed by atoms with van der Waals surface area (Å²) in [6.07, 6.45) is 2.53. The van der Waals surface area contributed by atoms with Crippen molar-refractivity contribution in [2.24, 2.45) is 5.73 Å². The fraction of sp³-hybridized carbons (Fsp3) is 0.280. The van der Waals surface area contributed by atoms with Crippen LogP contribution in [-0.4, -0.2) is 39.6 Å². The average molecular weight is 480 g/mol. The monoisotopic (exact) mass is 479 g/mol. The molecule has 8 nitrogen and oxygen atoms in total. The van der Waals surface area contributed by atoms with Crippen LogP contribution in [0.5, 0.6) is 0 Å². The first-order valence-electron chi connectivity index (χ1n) is 11.0. The number of amides is 2. The number of ketones is 1. The largest absolute Gasteiger partial charge is 0.383 e. The van der Waals surface area contributed by atoms with Crippen LogP contribution in [0.25, 0.3) is 10.8 Å². The number of hydrogen-bond donors (Lipinski definition) is 3. The number of nitrogen functional groups attached to an aromatic ring is 1. The molecule has 9 heteroatoms. The number of likely N-dealkylation sites (tertiary alicyclic amines) is 1. The van der Waals surface area contributed by atoms with E-state index in [1.165, 1.54) is 6.92 Å². The fourth-order valence-corrected chi connectivity index (χ4v) is 4.86. The Kier molecular flexibility index (Phi) is 6.54. The Balaban J connectivity index is 1.71. The van der Waals surface area contributed by atoms with Crippen molar-refractivity contribution in [2.75, 3.05) is 12.3 Å². The molecule has 0 radical (unpaired) electrons. The van der Waals surface area contributed by atoms with Gasteiger partial charge in [-0.25, -0.2) is 4.98 Å². The van der Waals surface area contributed by atoms with Gasteiger partial charge in [-0.3, -0.25) is 19.3 Å². The minimum Gasteiger partial charge on any atom is -0.383 e. The van der Waals surface area contributed by atoms with E-state index < -0.39 is 29.2 Å². The zero-order chi connectivity index (χ0) is 24.5. The van der Waals surface area contributed by atoms with Gasteiger partial charge in [0.25, 0.3) is 0 Å². The molecular formula is C25H26ClN5O3. The molecule has 0 saturated carbocycles. The average Bonchev–Trinajstić information content (AvgIpc) is 3.22. The molecule has 4 rings (SSSR count). The highest BCUT2D eigenvalue weighted by molar-refractivity contribution is 6.30. The fourth-order valence-electron chi connectivity index (χ4n) is 4.74. The minimum atomic E-state index is -1.56. The third-order valence-electron chi connectivity index (χ3n) is 6.37. The maximum atomic E-state index is 14.0. The van der Waals surface area contributed by atoms with E-state index in [9.17, 15) is 14.4 Å². The topological polar surface area (TPSA) is 131 Å². The molecular weight excluding hydrogens is 454 g/mol. The zero-order valence-corrected chi connectivity index (χ0v) is 19.5. The van der Waals surface area contributed by atoms with E-state index in [2.05, 4.69) is 10.3 Å². The van der Waals surface area contributed by atoms with Gasteiger partial charge in [0.05, 0.1) is 0 Å². The number of nitrogens with zero attached hydrogens (tertiary/aromatic N) is 2. The molecule has 1 aliphatic rings. The number of fused-ring (bicyclic) bond motifs is 1. The van der Waals surface area contributed by atoms with Gasteiger partial charge in [0.15, 0.2) is 11.3 Å². The van der Waals surface area contributed by atoms with Crippen molar-refractivity contribution in [1.29, 1.82) is 0 Å². The van der Waals surface area contributed by atoms with E-state index in [1.807, 2.05) is 29.2 Å². The van der Waals surface area contributed by atoms with Crippen LogP contribution in [0.1, 0.15) is 36.9 Å². The van der Waals surface area contributed by atoms with Crippen LogP contribution in [-0.2, 0) is 20.9 Å². The maximum absolute atomic E-state index is 14.0. The van der Waals surface area contributed by atoms with Gasteiger partial charge >= 0.3 is 0 Å². The van der Waals surface area contributed by atoms with E-state index in [0.29, 0.717) is 35.9 Å². The Bertz CT molecular complexity index is 1260. The molecule has 2 atom stereocenters. The lowest BCUT2D eigenvalue weighted by Crippen LogP contribution is -2.61. The second-order valence-corrected chi connectivity index (χ2v) is 8.99. The van der Waals surface area contributed by atoms with Crippen molar-refractivity contribution in [1.82, 2.24) is 15.2 Å². The molecule has 34 heavy (non-hydrogen) atoms. The molecule has 0 aliphatic carbocycles. The number of nitrogens with two attached hydrogens (primary N) is 2. The number of carbonyl (C=O) groups excluding carboxylic acids is 3. The van der Waals surface area contributed by atoms with Crippen LogP contribution < -0.4 is 16.8 Å². The van der Waals surface area contributed by atoms with Crippen molar-refractivity contribution in [3.05, 3.63) is 70.9 Å². The number of carbonyl (C=O) groups is 3. The Morgan fingerprint density at radius 3 is 2.59 bits per heavy atom. The number of hydrogen-bond acceptors (Lipinski definition) is 6. The molecule has 1 aromatic heterocycles. The second-order valence-electron chi connectivity index (χ2n) is 8.55. The molecule has 2 amide bonds. The van der Waals surface area contributed by atoms with Crippen LogP contribution in [0.3, 0.4) is 0 Å². The van der Waals surface area contributed by atoms with E-state index >= 15 is 0 Å². The number of pyridine rings is 1. The first kappa shape index (κ1) is 23.7. The molecule has 2 heterocycles. The van der Waals surface area contributed by atoms with E-state index in [1.54, 1.807) is 30.5 Å². The van der Waals surface area contributed by atoms with Crippen molar-refractivity contribution in [3.8, 4) is 0 Å². The molecule has 2 aromatic carbocycles. The minimum absolute atomic E-state index is 0.273. The lowest BCUT2D eigenvalue weighted by molar-refractivity contribution is -0.144. The van der Waals surface area contributed by atoms with E-state index in [0.717, 1.165) is 16.3 Å². The Morgan fingerprint density at radius 1 is 1.18 bits per heavy atom. The molecule has 0 bridgehead atoms. The Labute approximate surface area is 202 Å². The van der Waals surface area contributed by atoms with Gasteiger partial charge in [-0.1, -0.05) is 35.9 Å². The zero-order valence-electron chi connectivity index (χ0n) is 18.8. The predicted octanol–water partition coefficient (Wildman–Crippen LogP) is 2.74. The van der Waals surface area contributed by atoms with Gasteiger partial charge in [0, 0.05) is 36.6 Å². The lowest BCUT2D eigenvalue weighted by Gasteiger charge is -2.37. The van der Waals surface area contributed by atoms with Gasteiger partial charge in [-0.05, 0) is 53.6 Å². The molecule has 1 aliphatic heterocycles. The lowest BCUT2D eigenvalue weighted by atomic mass is 9.83. The number of nitrogens with one attached hydrogen (secondary N) is 1. The van der Waals surface area contributed by atoms with Crippen LogP contribution in [0.4, 0.5) is 5.82 Å². The summed E-state index contributed by atoms with van der Waals surface area (Å²) in [5.74, 6) is -1.14.